The Kier molecular flexibility index (Phi) is 52.7. The normalized spacial score (nSPS) is 8.23. The van der Waals surface area contributed by atoms with E-state index >= 15 is 0 Å². The van der Waals surface area contributed by atoms with Crippen molar-refractivity contribution in [1.29, 1.82) is 0 Å². The quantitative estimate of drug-likeness (QED) is 0.230. The second-order valence-corrected chi connectivity index (χ2v) is 4.00. The molecule has 0 aliphatic rings. The molecule has 0 spiro atoms. The first-order valence-corrected chi connectivity index (χ1v) is 5.52. The van der Waals surface area contributed by atoms with Crippen LogP contribution in [0.2, 0.25) is 0 Å². The number of rotatable bonds is 11. The molecule has 0 aliphatic carbocycles. The number of nitrogens with zero attached hydrogens (tertiary/aromatic N) is 2. The van der Waals surface area contributed by atoms with E-state index in [2.05, 4.69) is 0 Å². The van der Waals surface area contributed by atoms with E-state index in [0.29, 0.717) is 0 Å². The van der Waals surface area contributed by atoms with Gasteiger partial charge in [0, 0.05) is 13.1 Å². The zero-order valence-corrected chi connectivity index (χ0v) is 28.6. The molecule has 0 unspecified atom stereocenters. The molecule has 0 atom stereocenters. The molecule has 126 valence electrons. The van der Waals surface area contributed by atoms with Crippen LogP contribution in [0.1, 0.15) is 8.56 Å². The van der Waals surface area contributed by atoms with Gasteiger partial charge in [-0.25, -0.2) is 0 Å². The minimum Gasteiger partial charge on any atom is -1.00 e. The summed E-state index contributed by atoms with van der Waals surface area (Å²) in [5.41, 5.74) is 0. The molecule has 0 saturated carbocycles. The average Bonchev–Trinajstić information content (AvgIpc) is 2.22. The van der Waals surface area contributed by atoms with Gasteiger partial charge in [0.25, 0.3) is 0 Å². The van der Waals surface area contributed by atoms with Crippen molar-refractivity contribution in [2.75, 3.05) is 39.3 Å². The number of hydrogen-bond acceptors (Lipinski definition) is 6. The van der Waals surface area contributed by atoms with E-state index in [1.807, 2.05) is 0 Å². The molecule has 0 aromatic rings. The van der Waals surface area contributed by atoms with E-state index in [4.69, 9.17) is 20.4 Å². The molecule has 0 amide bonds. The van der Waals surface area contributed by atoms with Gasteiger partial charge in [-0.05, 0) is 0 Å². The van der Waals surface area contributed by atoms with Gasteiger partial charge < -0.3 is 29.0 Å². The molecule has 4 N–H and O–H groups in total. The summed E-state index contributed by atoms with van der Waals surface area (Å²) in [6.45, 7) is -2.25. The van der Waals surface area contributed by atoms with E-state index < -0.39 is 50.1 Å². The fourth-order valence-electron chi connectivity index (χ4n) is 1.48. The number of carboxylic acid groups (broad SMARTS) is 4. The van der Waals surface area contributed by atoms with Crippen LogP contribution < -0.4 is 177 Å². The summed E-state index contributed by atoms with van der Waals surface area (Å²) < 4.78 is 0. The number of carbonyl (C=O) groups is 4. The summed E-state index contributed by atoms with van der Waals surface area (Å²) in [6, 6.07) is 0. The maximum atomic E-state index is 10.6. The number of hydrogen-bond donors (Lipinski definition) is 4. The van der Waals surface area contributed by atoms with Crippen molar-refractivity contribution in [3.63, 3.8) is 0 Å². The fourth-order valence-corrected chi connectivity index (χ4v) is 1.48. The van der Waals surface area contributed by atoms with Crippen molar-refractivity contribution >= 4 is 23.9 Å². The van der Waals surface area contributed by atoms with Gasteiger partial charge in [0.05, 0.1) is 26.2 Å². The predicted molar refractivity (Wildman–Crippen MR) is 70.1 cm³/mol. The second kappa shape index (κ2) is 28.8. The summed E-state index contributed by atoms with van der Waals surface area (Å²) in [5, 5.41) is 34.5. The smallest absolute Gasteiger partial charge is 1.00 e. The van der Waals surface area contributed by atoms with Gasteiger partial charge in [0.2, 0.25) is 0 Å². The van der Waals surface area contributed by atoms with Gasteiger partial charge in [0.1, 0.15) is 0 Å². The maximum absolute atomic E-state index is 10.6. The second-order valence-electron chi connectivity index (χ2n) is 4.00. The monoisotopic (exact) mass is 436 g/mol. The summed E-state index contributed by atoms with van der Waals surface area (Å²) in [6.07, 6.45) is 0. The van der Waals surface area contributed by atoms with Gasteiger partial charge >= 0.3 is 201 Å². The molecule has 0 aromatic heterocycles. The summed E-state index contributed by atoms with van der Waals surface area (Å²) in [7, 11) is 0. The van der Waals surface area contributed by atoms with E-state index in [-0.39, 0.29) is 199 Å². The summed E-state index contributed by atoms with van der Waals surface area (Å²) in [4.78, 5) is 44.4. The van der Waals surface area contributed by atoms with E-state index in [1.165, 1.54) is 0 Å². The summed E-state index contributed by atoms with van der Waals surface area (Å²) in [5.74, 6) is -4.91. The third-order valence-electron chi connectivity index (χ3n) is 2.17. The van der Waals surface area contributed by atoms with Crippen molar-refractivity contribution in [3.05, 3.63) is 0 Å². The first-order chi connectivity index (χ1) is 9.20. The van der Waals surface area contributed by atoms with E-state index in [0.717, 1.165) is 9.80 Å². The number of aliphatic carboxylic acids is 4. The predicted octanol–water partition coefficient (Wildman–Crippen LogP) is -19.4. The first-order valence-electron chi connectivity index (χ1n) is 5.52. The van der Waals surface area contributed by atoms with Crippen molar-refractivity contribution in [2.45, 2.75) is 0 Å². The maximum Gasteiger partial charge on any atom is 1.00 e. The SMILES string of the molecule is O=C(O)CN(CCN(CC(=O)O)CC(=O)O)CC(=O)O.[H-].[H-].[H-].[H-].[H-].[H-].[Na+].[Na+].[Na+].[Na+].[Na+].[Na+]. The van der Waals surface area contributed by atoms with Gasteiger partial charge in [-0.15, -0.1) is 0 Å². The first kappa shape index (κ1) is 47.5. The van der Waals surface area contributed by atoms with Crippen molar-refractivity contribution in [3.8, 4) is 0 Å². The Hall–Kier alpha value is 3.80. The molecule has 10 nitrogen and oxygen atoms in total. The van der Waals surface area contributed by atoms with E-state index in [1.54, 1.807) is 0 Å². The minimum atomic E-state index is -1.23. The van der Waals surface area contributed by atoms with Crippen LogP contribution in [-0.4, -0.2) is 93.4 Å². The third kappa shape index (κ3) is 32.5. The Morgan fingerprint density at radius 3 is 0.769 bits per heavy atom. The zero-order chi connectivity index (χ0) is 15.7. The van der Waals surface area contributed by atoms with Crippen LogP contribution in [-0.2, 0) is 19.2 Å². The molecule has 0 heterocycles. The molecule has 0 aliphatic heterocycles. The van der Waals surface area contributed by atoms with Crippen molar-refractivity contribution < 1.29 is 226 Å². The van der Waals surface area contributed by atoms with Crippen LogP contribution in [0.5, 0.6) is 0 Å². The van der Waals surface area contributed by atoms with Crippen LogP contribution in [0.25, 0.3) is 0 Å². The van der Waals surface area contributed by atoms with Crippen LogP contribution in [0.4, 0.5) is 0 Å². The minimum absolute atomic E-state index is 0. The molecule has 0 fully saturated rings. The van der Waals surface area contributed by atoms with Crippen molar-refractivity contribution in [1.82, 2.24) is 9.80 Å². The van der Waals surface area contributed by atoms with Crippen molar-refractivity contribution in [2.24, 2.45) is 0 Å². The largest absolute Gasteiger partial charge is 1.00 e. The fraction of sp³-hybridized carbons (Fsp3) is 0.600. The Labute approximate surface area is 293 Å². The molecule has 0 bridgehead atoms. The molecule has 16 heteroatoms. The molecule has 26 heavy (non-hydrogen) atoms. The van der Waals surface area contributed by atoms with Gasteiger partial charge in [-0.2, -0.15) is 0 Å². The zero-order valence-electron chi connectivity index (χ0n) is 22.6. The van der Waals surface area contributed by atoms with E-state index in [9.17, 15) is 19.2 Å². The van der Waals surface area contributed by atoms with Crippen LogP contribution >= 0.6 is 0 Å². The standard InChI is InChI=1S/C10H16N2O8.6Na.6H/c13-7(14)3-11(4-8(15)16)1-2-12(5-9(17)18)6-10(19)20;;;;;;;;;;;;/h1-6H2,(H,13,14)(H,15,16)(H,17,18)(H,19,20);;;;;;;;;;;;/q;6*+1;6*-1. The molecule has 0 radical (unpaired) electrons. The topological polar surface area (TPSA) is 156 Å². The molecular weight excluding hydrogens is 414 g/mol. The van der Waals surface area contributed by atoms with Gasteiger partial charge in [-0.1, -0.05) is 0 Å². The van der Waals surface area contributed by atoms with Crippen LogP contribution in [0, 0.1) is 0 Å². The molecule has 0 rings (SSSR count). The Morgan fingerprint density at radius 1 is 0.500 bits per heavy atom. The Bertz CT molecular complexity index is 358. The van der Waals surface area contributed by atoms with Crippen LogP contribution in [0.3, 0.4) is 0 Å². The Balaban J connectivity index is -0.0000000273. The average molecular weight is 436 g/mol. The van der Waals surface area contributed by atoms with Gasteiger partial charge in [-0.3, -0.25) is 29.0 Å². The molecule has 0 saturated heterocycles. The third-order valence-corrected chi connectivity index (χ3v) is 2.17. The van der Waals surface area contributed by atoms with Crippen LogP contribution in [0.15, 0.2) is 0 Å². The number of carboxylic acids is 4. The van der Waals surface area contributed by atoms with Gasteiger partial charge in [0.15, 0.2) is 0 Å². The summed E-state index contributed by atoms with van der Waals surface area (Å²) >= 11 is 0. The Morgan fingerprint density at radius 2 is 0.654 bits per heavy atom. The molecular formula is C10H22N2Na6O8. The molecule has 0 aromatic carbocycles.